The molecule has 0 fully saturated rings. The number of carbonyl (C=O) groups excluding carboxylic acids is 2. The Kier molecular flexibility index (Phi) is 13.0. The Morgan fingerprint density at radius 3 is 1.86 bits per heavy atom. The minimum Gasteiger partial charge on any atom is -0.508 e. The number of phenolic OH excluding ortho intramolecular Hbond substituents is 1. The van der Waals surface area contributed by atoms with E-state index in [1.54, 1.807) is 72.8 Å². The first-order chi connectivity index (χ1) is 24.4. The average Bonchev–Trinajstić information content (AvgIpc) is 3.13. The summed E-state index contributed by atoms with van der Waals surface area (Å²) in [6.07, 6.45) is 0. The van der Waals surface area contributed by atoms with Crippen LogP contribution in [0.1, 0.15) is 26.3 Å². The summed E-state index contributed by atoms with van der Waals surface area (Å²) in [6, 6.07) is 28.2. The fourth-order valence-corrected chi connectivity index (χ4v) is 4.49. The van der Waals surface area contributed by atoms with Gasteiger partial charge < -0.3 is 41.2 Å². The van der Waals surface area contributed by atoms with Gasteiger partial charge in [0.25, 0.3) is 11.8 Å². The van der Waals surface area contributed by atoms with Gasteiger partial charge in [-0.25, -0.2) is 4.39 Å². The third kappa shape index (κ3) is 11.5. The summed E-state index contributed by atoms with van der Waals surface area (Å²) in [7, 11) is 0. The van der Waals surface area contributed by atoms with Crippen LogP contribution in [-0.2, 0) is 16.0 Å². The van der Waals surface area contributed by atoms with Gasteiger partial charge in [0, 0.05) is 42.1 Å². The number of hydrogen-bond acceptors (Lipinski definition) is 11. The molecular weight excluding hydrogens is 643 g/mol. The highest BCUT2D eigenvalue weighted by molar-refractivity contribution is 5.94. The fourth-order valence-electron chi connectivity index (χ4n) is 4.49. The van der Waals surface area contributed by atoms with Crippen molar-refractivity contribution in [1.82, 2.24) is 25.6 Å². The Bertz CT molecular complexity index is 1830. The molecule has 5 aromatic rings. The number of rotatable bonds is 18. The lowest BCUT2D eigenvalue weighted by Crippen LogP contribution is -2.27. The maximum Gasteiger partial charge on any atom is 0.251 e. The van der Waals surface area contributed by atoms with E-state index in [4.69, 9.17) is 9.47 Å². The van der Waals surface area contributed by atoms with E-state index < -0.39 is 0 Å². The van der Waals surface area contributed by atoms with E-state index in [1.807, 2.05) is 18.2 Å². The lowest BCUT2D eigenvalue weighted by molar-refractivity contribution is 0.0519. The van der Waals surface area contributed by atoms with Gasteiger partial charge in [-0.05, 0) is 78.4 Å². The number of aromatic hydroxyl groups is 1. The molecule has 0 aliphatic carbocycles. The second-order valence-electron chi connectivity index (χ2n) is 10.8. The van der Waals surface area contributed by atoms with Gasteiger partial charge in [0.2, 0.25) is 17.8 Å². The van der Waals surface area contributed by atoms with Crippen molar-refractivity contribution in [3.63, 3.8) is 0 Å². The molecule has 0 spiro atoms. The Hall–Kier alpha value is -6.12. The first-order valence-corrected chi connectivity index (χ1v) is 15.9. The number of anilines is 5. The molecule has 4 aromatic carbocycles. The molecule has 2 amide bonds. The van der Waals surface area contributed by atoms with E-state index in [0.29, 0.717) is 67.6 Å². The van der Waals surface area contributed by atoms with Crippen LogP contribution >= 0.6 is 0 Å². The summed E-state index contributed by atoms with van der Waals surface area (Å²) in [6.45, 7) is 2.44. The van der Waals surface area contributed by atoms with Crippen LogP contribution in [0, 0.1) is 5.82 Å². The van der Waals surface area contributed by atoms with Gasteiger partial charge in [-0.15, -0.1) is 0 Å². The summed E-state index contributed by atoms with van der Waals surface area (Å²) in [5, 5.41) is 24.6. The van der Waals surface area contributed by atoms with Crippen molar-refractivity contribution in [3.8, 4) is 5.75 Å². The van der Waals surface area contributed by atoms with Crippen LogP contribution < -0.4 is 26.6 Å². The molecule has 6 N–H and O–H groups in total. The number of aromatic nitrogens is 3. The number of amides is 2. The highest BCUT2D eigenvalue weighted by Gasteiger charge is 2.10. The number of benzene rings is 4. The minimum atomic E-state index is -0.361. The number of ether oxygens (including phenoxy) is 2. The van der Waals surface area contributed by atoms with Crippen LogP contribution in [0.15, 0.2) is 103 Å². The van der Waals surface area contributed by atoms with Crippen LogP contribution in [0.5, 0.6) is 5.75 Å². The SMILES string of the molecule is O=C(NCCOCCOCCNc1nc(Nc2ccc(O)cc2)nc(Nc2ccc(C(=O)NCc3cccc(F)c3)cc2)n1)c1ccccc1. The van der Waals surface area contributed by atoms with Crippen LogP contribution in [0.2, 0.25) is 0 Å². The molecule has 13 nitrogen and oxygen atoms in total. The number of hydrogen-bond donors (Lipinski definition) is 6. The van der Waals surface area contributed by atoms with Crippen LogP contribution in [0.3, 0.4) is 0 Å². The van der Waals surface area contributed by atoms with E-state index in [2.05, 4.69) is 41.5 Å². The monoisotopic (exact) mass is 680 g/mol. The first kappa shape index (κ1) is 35.2. The second-order valence-corrected chi connectivity index (χ2v) is 10.8. The van der Waals surface area contributed by atoms with Crippen molar-refractivity contribution in [3.05, 3.63) is 126 Å². The molecule has 0 saturated carbocycles. The highest BCUT2D eigenvalue weighted by Crippen LogP contribution is 2.21. The number of carbonyl (C=O) groups is 2. The Labute approximate surface area is 288 Å². The van der Waals surface area contributed by atoms with Gasteiger partial charge >= 0.3 is 0 Å². The van der Waals surface area contributed by atoms with Crippen molar-refractivity contribution in [1.29, 1.82) is 0 Å². The molecular formula is C36H37FN8O5. The Morgan fingerprint density at radius 1 is 0.620 bits per heavy atom. The van der Waals surface area contributed by atoms with Crippen molar-refractivity contribution in [2.45, 2.75) is 6.54 Å². The number of phenols is 1. The Morgan fingerprint density at radius 2 is 1.20 bits per heavy atom. The molecule has 5 rings (SSSR count). The maximum atomic E-state index is 13.4. The molecule has 0 saturated heterocycles. The van der Waals surface area contributed by atoms with Gasteiger partial charge in [-0.2, -0.15) is 15.0 Å². The third-order valence-corrected chi connectivity index (χ3v) is 6.97. The summed E-state index contributed by atoms with van der Waals surface area (Å²) >= 11 is 0. The summed E-state index contributed by atoms with van der Waals surface area (Å²) in [4.78, 5) is 38.1. The molecule has 1 aromatic heterocycles. The zero-order valence-electron chi connectivity index (χ0n) is 27.1. The van der Waals surface area contributed by atoms with E-state index >= 15 is 0 Å². The highest BCUT2D eigenvalue weighted by atomic mass is 19.1. The molecule has 0 unspecified atom stereocenters. The van der Waals surface area contributed by atoms with Gasteiger partial charge in [0.15, 0.2) is 0 Å². The zero-order valence-corrected chi connectivity index (χ0v) is 27.1. The normalized spacial score (nSPS) is 10.7. The molecule has 0 radical (unpaired) electrons. The van der Waals surface area contributed by atoms with Crippen LogP contribution in [-0.4, -0.2) is 71.4 Å². The smallest absolute Gasteiger partial charge is 0.251 e. The van der Waals surface area contributed by atoms with E-state index in [9.17, 15) is 19.1 Å². The van der Waals surface area contributed by atoms with E-state index in [-0.39, 0.29) is 47.8 Å². The minimum absolute atomic E-state index is 0.127. The predicted molar refractivity (Wildman–Crippen MR) is 187 cm³/mol. The largest absolute Gasteiger partial charge is 0.508 e. The van der Waals surface area contributed by atoms with Crippen molar-refractivity contribution in [2.75, 3.05) is 55.5 Å². The van der Waals surface area contributed by atoms with E-state index in [1.165, 1.54) is 12.1 Å². The number of nitrogens with zero attached hydrogens (tertiary/aromatic N) is 3. The van der Waals surface area contributed by atoms with Gasteiger partial charge in [-0.3, -0.25) is 9.59 Å². The standard InChI is InChI=1S/C36H37FN8O5/c37-28-8-4-5-25(23-28)24-40-33(48)27-9-11-29(12-10-27)41-35-43-34(44-36(45-35)42-30-13-15-31(46)16-14-30)39-18-20-50-22-21-49-19-17-38-32(47)26-6-2-1-3-7-26/h1-16,23,46H,17-22,24H2,(H,38,47)(H,40,48)(H3,39,41,42,43,44,45). The summed E-state index contributed by atoms with van der Waals surface area (Å²) in [5.41, 5.74) is 2.97. The molecule has 14 heteroatoms. The van der Waals surface area contributed by atoms with Crippen molar-refractivity contribution < 1.29 is 28.6 Å². The molecule has 1 heterocycles. The number of halogens is 1. The third-order valence-electron chi connectivity index (χ3n) is 6.97. The molecule has 50 heavy (non-hydrogen) atoms. The molecule has 258 valence electrons. The lowest BCUT2D eigenvalue weighted by Gasteiger charge is -2.12. The number of nitrogens with one attached hydrogen (secondary N) is 5. The van der Waals surface area contributed by atoms with Gasteiger partial charge in [-0.1, -0.05) is 30.3 Å². The average molecular weight is 681 g/mol. The van der Waals surface area contributed by atoms with Crippen molar-refractivity contribution in [2.24, 2.45) is 0 Å². The van der Waals surface area contributed by atoms with Crippen LogP contribution in [0.4, 0.5) is 33.6 Å². The summed E-state index contributed by atoms with van der Waals surface area (Å²) < 4.78 is 24.6. The lowest BCUT2D eigenvalue weighted by atomic mass is 10.1. The molecule has 0 aliphatic heterocycles. The molecule has 0 bridgehead atoms. The summed E-state index contributed by atoms with van der Waals surface area (Å²) in [5.74, 6) is 0.0905. The predicted octanol–water partition coefficient (Wildman–Crippen LogP) is 5.01. The first-order valence-electron chi connectivity index (χ1n) is 15.9. The molecule has 0 aliphatic rings. The molecule has 0 atom stereocenters. The van der Waals surface area contributed by atoms with E-state index in [0.717, 1.165) is 0 Å². The van der Waals surface area contributed by atoms with Crippen LogP contribution in [0.25, 0.3) is 0 Å². The van der Waals surface area contributed by atoms with Gasteiger partial charge in [0.1, 0.15) is 11.6 Å². The maximum absolute atomic E-state index is 13.4. The topological polar surface area (TPSA) is 172 Å². The fraction of sp³-hybridized carbons (Fsp3) is 0.194. The zero-order chi connectivity index (χ0) is 35.0. The van der Waals surface area contributed by atoms with Gasteiger partial charge in [0.05, 0.1) is 26.4 Å². The quantitative estimate of drug-likeness (QED) is 0.0543. The second kappa shape index (κ2) is 18.4. The van der Waals surface area contributed by atoms with Crippen molar-refractivity contribution >= 4 is 41.0 Å². The Balaban J connectivity index is 1.09.